The van der Waals surface area contributed by atoms with E-state index in [2.05, 4.69) is 10.6 Å². The lowest BCUT2D eigenvalue weighted by atomic mass is 10.2. The van der Waals surface area contributed by atoms with Crippen molar-refractivity contribution in [3.05, 3.63) is 66.2 Å². The standard InChI is InChI=1S/C20H18N2O6S/c1-28-20(27)15-4-2-3-5-16(15)22-18(24)12-29-14-8-6-13(7-9-14)21-17(23)10-11-19(25)26/h2-11H,12H2,1H3,(H,21,23)(H,22,24)(H,25,26)/b11-10+. The molecule has 0 saturated carbocycles. The van der Waals surface area contributed by atoms with Gasteiger partial charge in [-0.25, -0.2) is 9.59 Å². The first-order valence-corrected chi connectivity index (χ1v) is 9.29. The number of amides is 2. The fourth-order valence-corrected chi connectivity index (χ4v) is 2.88. The van der Waals surface area contributed by atoms with E-state index in [0.29, 0.717) is 11.4 Å². The monoisotopic (exact) mass is 414 g/mol. The maximum atomic E-state index is 12.2. The summed E-state index contributed by atoms with van der Waals surface area (Å²) >= 11 is 1.28. The second-order valence-electron chi connectivity index (χ2n) is 5.56. The van der Waals surface area contributed by atoms with Gasteiger partial charge in [-0.2, -0.15) is 0 Å². The highest BCUT2D eigenvalue weighted by Crippen LogP contribution is 2.22. The van der Waals surface area contributed by atoms with E-state index in [1.807, 2.05) is 0 Å². The maximum Gasteiger partial charge on any atom is 0.339 e. The minimum Gasteiger partial charge on any atom is -0.478 e. The Hall–Kier alpha value is -3.59. The predicted molar refractivity (Wildman–Crippen MR) is 109 cm³/mol. The molecule has 0 atom stereocenters. The van der Waals surface area contributed by atoms with Crippen LogP contribution in [0.3, 0.4) is 0 Å². The smallest absolute Gasteiger partial charge is 0.339 e. The van der Waals surface area contributed by atoms with Gasteiger partial charge < -0.3 is 20.5 Å². The Morgan fingerprint density at radius 2 is 1.69 bits per heavy atom. The summed E-state index contributed by atoms with van der Waals surface area (Å²) in [6, 6.07) is 13.3. The summed E-state index contributed by atoms with van der Waals surface area (Å²) in [4.78, 5) is 46.6. The van der Waals surface area contributed by atoms with Crippen molar-refractivity contribution in [2.75, 3.05) is 23.5 Å². The number of nitrogens with one attached hydrogen (secondary N) is 2. The van der Waals surface area contributed by atoms with Gasteiger partial charge in [0.05, 0.1) is 24.1 Å². The fraction of sp³-hybridized carbons (Fsp3) is 0.100. The molecule has 0 unspecified atom stereocenters. The van der Waals surface area contributed by atoms with Crippen molar-refractivity contribution >= 4 is 46.9 Å². The molecule has 0 heterocycles. The number of rotatable bonds is 8. The third kappa shape index (κ3) is 7.15. The lowest BCUT2D eigenvalue weighted by Crippen LogP contribution is -2.17. The van der Waals surface area contributed by atoms with Crippen molar-refractivity contribution in [2.24, 2.45) is 0 Å². The number of para-hydroxylation sites is 1. The number of hydrogen-bond donors (Lipinski definition) is 3. The van der Waals surface area contributed by atoms with E-state index in [1.165, 1.54) is 18.9 Å². The number of aliphatic carboxylic acids is 1. The summed E-state index contributed by atoms with van der Waals surface area (Å²) in [5.41, 5.74) is 1.13. The van der Waals surface area contributed by atoms with Crippen LogP contribution in [0.25, 0.3) is 0 Å². The topological polar surface area (TPSA) is 122 Å². The van der Waals surface area contributed by atoms with Crippen LogP contribution in [0.2, 0.25) is 0 Å². The highest BCUT2D eigenvalue weighted by molar-refractivity contribution is 8.00. The number of esters is 1. The Kier molecular flexibility index (Phi) is 7.99. The second-order valence-corrected chi connectivity index (χ2v) is 6.61. The first-order valence-electron chi connectivity index (χ1n) is 8.31. The SMILES string of the molecule is COC(=O)c1ccccc1NC(=O)CSc1ccc(NC(=O)/C=C/C(=O)O)cc1. The summed E-state index contributed by atoms with van der Waals surface area (Å²) in [5.74, 6) is -2.48. The predicted octanol–water partition coefficient (Wildman–Crippen LogP) is 2.78. The van der Waals surface area contributed by atoms with Crippen molar-refractivity contribution in [2.45, 2.75) is 4.90 Å². The molecule has 0 fully saturated rings. The van der Waals surface area contributed by atoms with Crippen molar-refractivity contribution in [3.63, 3.8) is 0 Å². The molecule has 0 bridgehead atoms. The van der Waals surface area contributed by atoms with E-state index in [-0.39, 0.29) is 17.2 Å². The van der Waals surface area contributed by atoms with Crippen molar-refractivity contribution in [1.82, 2.24) is 0 Å². The lowest BCUT2D eigenvalue weighted by molar-refractivity contribution is -0.131. The first-order chi connectivity index (χ1) is 13.9. The Morgan fingerprint density at radius 1 is 1.00 bits per heavy atom. The molecule has 2 rings (SSSR count). The molecule has 0 aliphatic heterocycles. The van der Waals surface area contributed by atoms with E-state index >= 15 is 0 Å². The van der Waals surface area contributed by atoms with Crippen LogP contribution in [0.15, 0.2) is 65.6 Å². The van der Waals surface area contributed by atoms with Gasteiger partial charge in [0.15, 0.2) is 0 Å². The fourth-order valence-electron chi connectivity index (χ4n) is 2.18. The zero-order valence-electron chi connectivity index (χ0n) is 15.4. The van der Waals surface area contributed by atoms with Gasteiger partial charge >= 0.3 is 11.9 Å². The second kappa shape index (κ2) is 10.7. The number of carboxylic acid groups (broad SMARTS) is 1. The zero-order valence-corrected chi connectivity index (χ0v) is 16.2. The van der Waals surface area contributed by atoms with Crippen LogP contribution < -0.4 is 10.6 Å². The Labute approximate surface area is 170 Å². The van der Waals surface area contributed by atoms with Gasteiger partial charge in [-0.15, -0.1) is 11.8 Å². The number of ether oxygens (including phenoxy) is 1. The lowest BCUT2D eigenvalue weighted by Gasteiger charge is -2.09. The van der Waals surface area contributed by atoms with E-state index in [0.717, 1.165) is 17.0 Å². The van der Waals surface area contributed by atoms with E-state index in [1.54, 1.807) is 48.5 Å². The number of thioether (sulfide) groups is 1. The summed E-state index contributed by atoms with van der Waals surface area (Å²) in [5, 5.41) is 13.7. The number of carbonyl (C=O) groups excluding carboxylic acids is 3. The Bertz CT molecular complexity index is 940. The number of hydrogen-bond acceptors (Lipinski definition) is 6. The summed E-state index contributed by atoms with van der Waals surface area (Å²) in [7, 11) is 1.27. The van der Waals surface area contributed by atoms with Gasteiger partial charge in [0.25, 0.3) is 0 Å². The van der Waals surface area contributed by atoms with Crippen molar-refractivity contribution in [3.8, 4) is 0 Å². The van der Waals surface area contributed by atoms with E-state index in [9.17, 15) is 19.2 Å². The third-order valence-corrected chi connectivity index (χ3v) is 4.49. The largest absolute Gasteiger partial charge is 0.478 e. The van der Waals surface area contributed by atoms with Crippen LogP contribution in [-0.4, -0.2) is 41.7 Å². The average molecular weight is 414 g/mol. The summed E-state index contributed by atoms with van der Waals surface area (Å²) in [6.07, 6.45) is 1.66. The number of anilines is 2. The molecule has 2 aromatic rings. The van der Waals surface area contributed by atoms with Crippen LogP contribution in [-0.2, 0) is 19.1 Å². The highest BCUT2D eigenvalue weighted by Gasteiger charge is 2.13. The van der Waals surface area contributed by atoms with Crippen LogP contribution in [0.4, 0.5) is 11.4 Å². The first kappa shape index (κ1) is 21.7. The molecule has 8 nitrogen and oxygen atoms in total. The van der Waals surface area contributed by atoms with Gasteiger partial charge in [-0.05, 0) is 36.4 Å². The molecular formula is C20H18N2O6S. The van der Waals surface area contributed by atoms with Gasteiger partial charge in [0, 0.05) is 22.7 Å². The molecule has 3 N–H and O–H groups in total. The van der Waals surface area contributed by atoms with Crippen molar-refractivity contribution < 1.29 is 29.0 Å². The van der Waals surface area contributed by atoms with Crippen molar-refractivity contribution in [1.29, 1.82) is 0 Å². The number of carbonyl (C=O) groups is 4. The average Bonchev–Trinajstić information content (AvgIpc) is 2.71. The van der Waals surface area contributed by atoms with E-state index in [4.69, 9.17) is 9.84 Å². The van der Waals surface area contributed by atoms with E-state index < -0.39 is 17.8 Å². The van der Waals surface area contributed by atoms with Gasteiger partial charge in [0.1, 0.15) is 0 Å². The van der Waals surface area contributed by atoms with Gasteiger partial charge in [0.2, 0.25) is 11.8 Å². The molecule has 2 amide bonds. The molecule has 29 heavy (non-hydrogen) atoms. The zero-order chi connectivity index (χ0) is 21.2. The Balaban J connectivity index is 1.89. The molecule has 0 radical (unpaired) electrons. The van der Waals surface area contributed by atoms with Crippen LogP contribution >= 0.6 is 11.8 Å². The normalized spacial score (nSPS) is 10.4. The molecule has 0 spiro atoms. The molecule has 150 valence electrons. The quantitative estimate of drug-likeness (QED) is 0.345. The number of benzene rings is 2. The molecule has 2 aromatic carbocycles. The maximum absolute atomic E-state index is 12.2. The van der Waals surface area contributed by atoms with Gasteiger partial charge in [-0.3, -0.25) is 9.59 Å². The van der Waals surface area contributed by atoms with Crippen LogP contribution in [0, 0.1) is 0 Å². The highest BCUT2D eigenvalue weighted by atomic mass is 32.2. The summed E-state index contributed by atoms with van der Waals surface area (Å²) in [6.45, 7) is 0. The molecular weight excluding hydrogens is 396 g/mol. The summed E-state index contributed by atoms with van der Waals surface area (Å²) < 4.78 is 4.69. The minimum atomic E-state index is -1.21. The molecule has 9 heteroatoms. The number of carboxylic acids is 1. The molecule has 0 aliphatic carbocycles. The molecule has 0 saturated heterocycles. The van der Waals surface area contributed by atoms with Crippen LogP contribution in [0.5, 0.6) is 0 Å². The van der Waals surface area contributed by atoms with Crippen LogP contribution in [0.1, 0.15) is 10.4 Å². The minimum absolute atomic E-state index is 0.114. The van der Waals surface area contributed by atoms with Gasteiger partial charge in [-0.1, -0.05) is 12.1 Å². The third-order valence-electron chi connectivity index (χ3n) is 3.48. The Morgan fingerprint density at radius 3 is 2.34 bits per heavy atom. The molecule has 0 aliphatic rings. The number of methoxy groups -OCH3 is 1. The molecule has 0 aromatic heterocycles.